The van der Waals surface area contributed by atoms with E-state index in [2.05, 4.69) is 26.1 Å². The van der Waals surface area contributed by atoms with Gasteiger partial charge in [0.15, 0.2) is 4.34 Å². The number of thioether (sulfide) groups is 1. The van der Waals surface area contributed by atoms with E-state index in [0.29, 0.717) is 26.5 Å². The van der Waals surface area contributed by atoms with Gasteiger partial charge in [0.1, 0.15) is 17.6 Å². The number of ether oxygens (including phenoxy) is 2. The summed E-state index contributed by atoms with van der Waals surface area (Å²) in [7, 11) is 1.61. The number of rotatable bonds is 9. The van der Waals surface area contributed by atoms with Crippen molar-refractivity contribution < 1.29 is 23.5 Å². The van der Waals surface area contributed by atoms with Crippen molar-refractivity contribution in [1.82, 2.24) is 20.8 Å². The van der Waals surface area contributed by atoms with E-state index >= 15 is 0 Å². The molecule has 10 nitrogen and oxygen atoms in total. The number of aromatic nitrogens is 2. The van der Waals surface area contributed by atoms with Gasteiger partial charge in [-0.2, -0.15) is 0 Å². The fourth-order valence-electron chi connectivity index (χ4n) is 3.10. The van der Waals surface area contributed by atoms with Crippen LogP contribution in [0.2, 0.25) is 0 Å². The minimum atomic E-state index is -0.745. The van der Waals surface area contributed by atoms with Crippen molar-refractivity contribution in [1.29, 1.82) is 0 Å². The van der Waals surface area contributed by atoms with Crippen LogP contribution in [-0.4, -0.2) is 41.7 Å². The molecule has 1 unspecified atom stereocenters. The van der Waals surface area contributed by atoms with Gasteiger partial charge < -0.3 is 29.8 Å². The lowest BCUT2D eigenvalue weighted by atomic mass is 10.0. The summed E-state index contributed by atoms with van der Waals surface area (Å²) in [5.41, 5.74) is 1.58. The standard InChI is InChI=1S/C21H21N5O5S2/c1-3-30-18(27)16-14(23-19(28)24-17(16)15-5-4-10-31-15)11-32-21-26-25-20(33-21)22-12-6-8-13(29-2)9-7-12/h4-10,17H,3,11H2,1-2H3,(H,22,25)(H2,23,24,28). The molecule has 0 fully saturated rings. The van der Waals surface area contributed by atoms with Gasteiger partial charge in [-0.3, -0.25) is 0 Å². The SMILES string of the molecule is CCOC(=O)C1=C(CSc2nnc(Nc3ccc(OC)cc3)s2)NC(=O)NC1c1ccco1. The molecule has 0 radical (unpaired) electrons. The molecule has 2 amide bonds. The average molecular weight is 488 g/mol. The largest absolute Gasteiger partial charge is 0.497 e. The number of benzene rings is 1. The lowest BCUT2D eigenvalue weighted by Gasteiger charge is -2.27. The Morgan fingerprint density at radius 3 is 2.79 bits per heavy atom. The van der Waals surface area contributed by atoms with Crippen LogP contribution in [0.4, 0.5) is 15.6 Å². The predicted molar refractivity (Wildman–Crippen MR) is 124 cm³/mol. The molecule has 1 aliphatic rings. The molecule has 172 valence electrons. The van der Waals surface area contributed by atoms with Crippen LogP contribution in [0.5, 0.6) is 5.75 Å². The van der Waals surface area contributed by atoms with Gasteiger partial charge in [-0.15, -0.1) is 10.2 Å². The van der Waals surface area contributed by atoms with Gasteiger partial charge in [0.25, 0.3) is 0 Å². The summed E-state index contributed by atoms with van der Waals surface area (Å²) >= 11 is 2.71. The summed E-state index contributed by atoms with van der Waals surface area (Å²) in [6.07, 6.45) is 1.49. The van der Waals surface area contributed by atoms with Crippen LogP contribution in [0.25, 0.3) is 0 Å². The quantitative estimate of drug-likeness (QED) is 0.305. The van der Waals surface area contributed by atoms with E-state index in [0.717, 1.165) is 11.4 Å². The molecule has 3 aromatic rings. The van der Waals surface area contributed by atoms with E-state index in [-0.39, 0.29) is 12.4 Å². The van der Waals surface area contributed by atoms with Crippen molar-refractivity contribution >= 4 is 45.9 Å². The van der Waals surface area contributed by atoms with E-state index in [1.165, 1.54) is 29.4 Å². The second-order valence-electron chi connectivity index (χ2n) is 6.67. The number of anilines is 2. The molecule has 0 aliphatic carbocycles. The van der Waals surface area contributed by atoms with Crippen LogP contribution < -0.4 is 20.7 Å². The molecule has 12 heteroatoms. The van der Waals surface area contributed by atoms with Crippen LogP contribution in [-0.2, 0) is 9.53 Å². The van der Waals surface area contributed by atoms with Crippen LogP contribution in [0, 0.1) is 0 Å². The van der Waals surface area contributed by atoms with E-state index in [1.54, 1.807) is 26.2 Å². The number of furan rings is 1. The van der Waals surface area contributed by atoms with Crippen molar-refractivity contribution in [3.8, 4) is 5.75 Å². The van der Waals surface area contributed by atoms with E-state index < -0.39 is 18.0 Å². The number of urea groups is 1. The lowest BCUT2D eigenvalue weighted by molar-refractivity contribution is -0.139. The Kier molecular flexibility index (Phi) is 7.15. The van der Waals surface area contributed by atoms with Crippen LogP contribution in [0.1, 0.15) is 18.7 Å². The number of hydrogen-bond acceptors (Lipinski definition) is 10. The van der Waals surface area contributed by atoms with Crippen molar-refractivity contribution in [3.63, 3.8) is 0 Å². The highest BCUT2D eigenvalue weighted by molar-refractivity contribution is 8.01. The van der Waals surface area contributed by atoms with Crippen molar-refractivity contribution in [2.75, 3.05) is 24.8 Å². The van der Waals surface area contributed by atoms with Crippen LogP contribution in [0.15, 0.2) is 62.7 Å². The molecule has 1 atom stereocenters. The van der Waals surface area contributed by atoms with E-state index in [4.69, 9.17) is 13.9 Å². The first-order valence-electron chi connectivity index (χ1n) is 9.95. The minimum Gasteiger partial charge on any atom is -0.497 e. The summed E-state index contributed by atoms with van der Waals surface area (Å²) < 4.78 is 16.5. The fraction of sp³-hybridized carbons (Fsp3) is 0.238. The Balaban J connectivity index is 1.50. The Bertz CT molecular complexity index is 1140. The van der Waals surface area contributed by atoms with Gasteiger partial charge >= 0.3 is 12.0 Å². The minimum absolute atomic E-state index is 0.207. The first-order chi connectivity index (χ1) is 16.1. The Morgan fingerprint density at radius 2 is 2.09 bits per heavy atom. The first-order valence-corrected chi connectivity index (χ1v) is 11.8. The summed E-state index contributed by atoms with van der Waals surface area (Å²) in [4.78, 5) is 25.0. The van der Waals surface area contributed by atoms with Gasteiger partial charge in [-0.05, 0) is 43.3 Å². The third-order valence-electron chi connectivity index (χ3n) is 4.56. The smallest absolute Gasteiger partial charge is 0.338 e. The zero-order valence-corrected chi connectivity index (χ0v) is 19.4. The Labute approximate surface area is 197 Å². The van der Waals surface area contributed by atoms with Gasteiger partial charge in [-0.1, -0.05) is 23.1 Å². The fourth-order valence-corrected chi connectivity index (χ4v) is 4.84. The van der Waals surface area contributed by atoms with Crippen LogP contribution in [0.3, 0.4) is 0 Å². The number of methoxy groups -OCH3 is 1. The first kappa shape index (κ1) is 22.7. The topological polar surface area (TPSA) is 128 Å². The van der Waals surface area contributed by atoms with Crippen molar-refractivity contribution in [3.05, 3.63) is 59.7 Å². The molecule has 3 N–H and O–H groups in total. The molecule has 1 aliphatic heterocycles. The maximum absolute atomic E-state index is 12.7. The third-order valence-corrected chi connectivity index (χ3v) is 6.56. The maximum atomic E-state index is 12.7. The Morgan fingerprint density at radius 1 is 1.27 bits per heavy atom. The van der Waals surface area contributed by atoms with E-state index in [9.17, 15) is 9.59 Å². The second-order valence-corrected chi connectivity index (χ2v) is 8.87. The number of nitrogens with one attached hydrogen (secondary N) is 3. The summed E-state index contributed by atoms with van der Waals surface area (Å²) in [5.74, 6) is 0.964. The van der Waals surface area contributed by atoms with Gasteiger partial charge in [0.05, 0.1) is 25.6 Å². The highest BCUT2D eigenvalue weighted by Gasteiger charge is 2.35. The molecular formula is C21H21N5O5S2. The van der Waals surface area contributed by atoms with Crippen molar-refractivity contribution in [2.24, 2.45) is 0 Å². The highest BCUT2D eigenvalue weighted by atomic mass is 32.2. The van der Waals surface area contributed by atoms with Gasteiger partial charge in [-0.25, -0.2) is 9.59 Å². The molecule has 3 heterocycles. The summed E-state index contributed by atoms with van der Waals surface area (Å²) in [5, 5.41) is 17.6. The molecule has 4 rings (SSSR count). The molecule has 0 spiro atoms. The number of carbonyl (C=O) groups excluding carboxylic acids is 2. The van der Waals surface area contributed by atoms with Crippen LogP contribution >= 0.6 is 23.1 Å². The Hall–Kier alpha value is -3.51. The van der Waals surface area contributed by atoms with Crippen molar-refractivity contribution in [2.45, 2.75) is 17.3 Å². The number of carbonyl (C=O) groups is 2. The predicted octanol–water partition coefficient (Wildman–Crippen LogP) is 3.85. The summed E-state index contributed by atoms with van der Waals surface area (Å²) in [6.45, 7) is 1.93. The number of nitrogens with zero attached hydrogens (tertiary/aromatic N) is 2. The molecule has 0 saturated carbocycles. The highest BCUT2D eigenvalue weighted by Crippen LogP contribution is 2.33. The normalized spacial score (nSPS) is 15.6. The van der Waals surface area contributed by atoms with Gasteiger partial charge in [0, 0.05) is 17.1 Å². The molecule has 2 aromatic heterocycles. The maximum Gasteiger partial charge on any atom is 0.338 e. The second kappa shape index (κ2) is 10.4. The van der Waals surface area contributed by atoms with E-state index in [1.807, 2.05) is 24.3 Å². The number of hydrogen-bond donors (Lipinski definition) is 3. The van der Waals surface area contributed by atoms with Gasteiger partial charge in [0.2, 0.25) is 5.13 Å². The lowest BCUT2D eigenvalue weighted by Crippen LogP contribution is -2.46. The monoisotopic (exact) mass is 487 g/mol. The average Bonchev–Trinajstić information content (AvgIpc) is 3.50. The third kappa shape index (κ3) is 5.46. The molecular weight excluding hydrogens is 466 g/mol. The zero-order chi connectivity index (χ0) is 23.2. The number of amides is 2. The number of esters is 1. The molecule has 0 saturated heterocycles. The molecule has 0 bridgehead atoms. The zero-order valence-electron chi connectivity index (χ0n) is 17.8. The summed E-state index contributed by atoms with van der Waals surface area (Å²) in [6, 6.07) is 9.66. The molecule has 1 aromatic carbocycles. The molecule has 33 heavy (non-hydrogen) atoms.